The van der Waals surface area contributed by atoms with Crippen molar-refractivity contribution in [2.45, 2.75) is 31.6 Å². The lowest BCUT2D eigenvalue weighted by Crippen LogP contribution is -2.20. The molecule has 0 atom stereocenters. The summed E-state index contributed by atoms with van der Waals surface area (Å²) in [6.45, 7) is 6.00. The molecule has 0 radical (unpaired) electrons. The maximum Gasteiger partial charge on any atom is 0.262 e. The second-order valence-corrected chi connectivity index (χ2v) is 8.35. The first-order valence-corrected chi connectivity index (χ1v) is 9.89. The van der Waals surface area contributed by atoms with Crippen LogP contribution in [0.25, 0.3) is 0 Å². The molecule has 0 spiro atoms. The van der Waals surface area contributed by atoms with Gasteiger partial charge in [-0.05, 0) is 54.3 Å². The summed E-state index contributed by atoms with van der Waals surface area (Å²) in [7, 11) is -3.25. The Morgan fingerprint density at radius 3 is 2.32 bits per heavy atom. The Bertz CT molecular complexity index is 855. The van der Waals surface area contributed by atoms with E-state index in [0.29, 0.717) is 17.4 Å². The number of amides is 1. The van der Waals surface area contributed by atoms with Crippen LogP contribution in [0.15, 0.2) is 47.4 Å². The van der Waals surface area contributed by atoms with Crippen LogP contribution >= 0.6 is 0 Å². The summed E-state index contributed by atoms with van der Waals surface area (Å²) in [5.41, 5.74) is 2.64. The van der Waals surface area contributed by atoms with Crippen LogP contribution in [0.5, 0.6) is 5.75 Å². The first-order valence-electron chi connectivity index (χ1n) is 8.00. The molecule has 2 aromatic carbocycles. The summed E-state index contributed by atoms with van der Waals surface area (Å²) in [6, 6.07) is 12.0. The molecule has 0 bridgehead atoms. The first-order chi connectivity index (χ1) is 11.7. The number of ether oxygens (including phenoxy) is 1. The predicted octanol–water partition coefficient (Wildman–Crippen LogP) is 3.54. The Kier molecular flexibility index (Phi) is 5.85. The minimum Gasteiger partial charge on any atom is -0.483 e. The Balaban J connectivity index is 2.01. The van der Waals surface area contributed by atoms with E-state index in [4.69, 9.17) is 4.74 Å². The van der Waals surface area contributed by atoms with Crippen molar-refractivity contribution in [1.29, 1.82) is 0 Å². The highest BCUT2D eigenvalue weighted by Gasteiger charge is 2.11. The molecule has 134 valence electrons. The fourth-order valence-corrected chi connectivity index (χ4v) is 3.00. The third-order valence-corrected chi connectivity index (χ3v) is 4.84. The molecule has 0 saturated heterocycles. The molecule has 0 unspecified atom stereocenters. The smallest absolute Gasteiger partial charge is 0.262 e. The van der Waals surface area contributed by atoms with E-state index in [0.717, 1.165) is 17.4 Å². The van der Waals surface area contributed by atoms with E-state index in [2.05, 4.69) is 19.2 Å². The summed E-state index contributed by atoms with van der Waals surface area (Å²) >= 11 is 0. The predicted molar refractivity (Wildman–Crippen MR) is 98.9 cm³/mol. The first kappa shape index (κ1) is 19.0. The van der Waals surface area contributed by atoms with Crippen molar-refractivity contribution in [2.75, 3.05) is 18.2 Å². The number of carbonyl (C=O) groups excluding carboxylic acids is 1. The normalized spacial score (nSPS) is 11.4. The van der Waals surface area contributed by atoms with E-state index < -0.39 is 9.84 Å². The van der Waals surface area contributed by atoms with Gasteiger partial charge in [0.05, 0.1) is 4.90 Å². The molecule has 2 aromatic rings. The number of aryl methyl sites for hydroxylation is 1. The summed E-state index contributed by atoms with van der Waals surface area (Å²) in [6.07, 6.45) is 1.14. The van der Waals surface area contributed by atoms with Gasteiger partial charge in [-0.25, -0.2) is 8.42 Å². The van der Waals surface area contributed by atoms with Crippen molar-refractivity contribution in [1.82, 2.24) is 0 Å². The van der Waals surface area contributed by atoms with Crippen LogP contribution in [0, 0.1) is 6.92 Å². The quantitative estimate of drug-likeness (QED) is 0.854. The minimum absolute atomic E-state index is 0.114. The van der Waals surface area contributed by atoms with E-state index in [9.17, 15) is 13.2 Å². The van der Waals surface area contributed by atoms with E-state index in [1.165, 1.54) is 12.1 Å². The Morgan fingerprint density at radius 1 is 1.12 bits per heavy atom. The summed E-state index contributed by atoms with van der Waals surface area (Å²) < 4.78 is 28.5. The average molecular weight is 361 g/mol. The van der Waals surface area contributed by atoms with Crippen LogP contribution in [0.3, 0.4) is 0 Å². The van der Waals surface area contributed by atoms with Gasteiger partial charge in [0.25, 0.3) is 5.91 Å². The molecule has 6 heteroatoms. The molecule has 0 saturated carbocycles. The van der Waals surface area contributed by atoms with Crippen molar-refractivity contribution in [3.63, 3.8) is 0 Å². The monoisotopic (exact) mass is 361 g/mol. The van der Waals surface area contributed by atoms with E-state index in [1.807, 2.05) is 25.1 Å². The second kappa shape index (κ2) is 7.70. The third-order valence-electron chi connectivity index (χ3n) is 3.72. The van der Waals surface area contributed by atoms with Crippen molar-refractivity contribution in [2.24, 2.45) is 0 Å². The maximum absolute atomic E-state index is 12.1. The van der Waals surface area contributed by atoms with Gasteiger partial charge in [0, 0.05) is 11.9 Å². The van der Waals surface area contributed by atoms with Gasteiger partial charge in [-0.15, -0.1) is 0 Å². The molecule has 1 N–H and O–H groups in total. The molecule has 25 heavy (non-hydrogen) atoms. The molecule has 5 nitrogen and oxygen atoms in total. The summed E-state index contributed by atoms with van der Waals surface area (Å²) in [5, 5.41) is 2.70. The van der Waals surface area contributed by atoms with Crippen molar-refractivity contribution in [3.8, 4) is 5.75 Å². The lowest BCUT2D eigenvalue weighted by atomic mass is 10.0. The highest BCUT2D eigenvalue weighted by molar-refractivity contribution is 7.90. The van der Waals surface area contributed by atoms with Crippen LogP contribution in [-0.2, 0) is 14.6 Å². The fourth-order valence-electron chi connectivity index (χ4n) is 2.37. The number of rotatable bonds is 6. The number of hydrogen-bond acceptors (Lipinski definition) is 4. The van der Waals surface area contributed by atoms with Crippen molar-refractivity contribution >= 4 is 21.4 Å². The number of anilines is 1. The average Bonchev–Trinajstić information content (AvgIpc) is 2.52. The highest BCUT2D eigenvalue weighted by Crippen LogP contribution is 2.27. The third kappa shape index (κ3) is 5.32. The van der Waals surface area contributed by atoms with Crippen LogP contribution in [0.2, 0.25) is 0 Å². The SMILES string of the molecule is Cc1ccc(C(C)C)c(OCC(=O)Nc2ccc(S(C)(=O)=O)cc2)c1. The summed E-state index contributed by atoms with van der Waals surface area (Å²) in [5.74, 6) is 0.697. The zero-order chi connectivity index (χ0) is 18.6. The van der Waals surface area contributed by atoms with E-state index in [-0.39, 0.29) is 17.4 Å². The molecular weight excluding hydrogens is 338 g/mol. The topological polar surface area (TPSA) is 72.5 Å². The number of hydrogen-bond donors (Lipinski definition) is 1. The minimum atomic E-state index is -3.25. The van der Waals surface area contributed by atoms with Crippen LogP contribution in [0.4, 0.5) is 5.69 Å². The van der Waals surface area contributed by atoms with Crippen molar-refractivity contribution < 1.29 is 17.9 Å². The van der Waals surface area contributed by atoms with Crippen LogP contribution in [-0.4, -0.2) is 27.2 Å². The van der Waals surface area contributed by atoms with Gasteiger partial charge < -0.3 is 10.1 Å². The highest BCUT2D eigenvalue weighted by atomic mass is 32.2. The van der Waals surface area contributed by atoms with E-state index >= 15 is 0 Å². The van der Waals surface area contributed by atoms with Gasteiger partial charge in [-0.3, -0.25) is 4.79 Å². The molecule has 1 amide bonds. The number of sulfone groups is 1. The molecule has 0 fully saturated rings. The lowest BCUT2D eigenvalue weighted by Gasteiger charge is -2.15. The molecule has 2 rings (SSSR count). The Morgan fingerprint density at radius 2 is 1.76 bits per heavy atom. The Labute approximate surface area is 148 Å². The van der Waals surface area contributed by atoms with Gasteiger partial charge in [-0.1, -0.05) is 26.0 Å². The van der Waals surface area contributed by atoms with E-state index in [1.54, 1.807) is 12.1 Å². The number of nitrogens with one attached hydrogen (secondary N) is 1. The van der Waals surface area contributed by atoms with Gasteiger partial charge >= 0.3 is 0 Å². The zero-order valence-corrected chi connectivity index (χ0v) is 15.7. The molecule has 0 aliphatic heterocycles. The number of benzene rings is 2. The standard InChI is InChI=1S/C19H23NO4S/c1-13(2)17-10-5-14(3)11-18(17)24-12-19(21)20-15-6-8-16(9-7-15)25(4,22)23/h5-11,13H,12H2,1-4H3,(H,20,21). The zero-order valence-electron chi connectivity index (χ0n) is 14.9. The maximum atomic E-state index is 12.1. The summed E-state index contributed by atoms with van der Waals surface area (Å²) in [4.78, 5) is 12.3. The van der Waals surface area contributed by atoms with Gasteiger partial charge in [0.2, 0.25) is 0 Å². The molecule has 0 aromatic heterocycles. The molecule has 0 aliphatic carbocycles. The van der Waals surface area contributed by atoms with Crippen molar-refractivity contribution in [3.05, 3.63) is 53.6 Å². The van der Waals surface area contributed by atoms with Crippen LogP contribution in [0.1, 0.15) is 30.9 Å². The fraction of sp³-hybridized carbons (Fsp3) is 0.316. The number of carbonyl (C=O) groups is 1. The molecule has 0 aliphatic rings. The largest absolute Gasteiger partial charge is 0.483 e. The van der Waals surface area contributed by atoms with Gasteiger partial charge in [0.15, 0.2) is 16.4 Å². The molecule has 0 heterocycles. The Hall–Kier alpha value is -2.34. The van der Waals surface area contributed by atoms with Gasteiger partial charge in [-0.2, -0.15) is 0 Å². The van der Waals surface area contributed by atoms with Crippen LogP contribution < -0.4 is 10.1 Å². The lowest BCUT2D eigenvalue weighted by molar-refractivity contribution is -0.118. The second-order valence-electron chi connectivity index (χ2n) is 6.33. The van der Waals surface area contributed by atoms with Gasteiger partial charge in [0.1, 0.15) is 5.75 Å². The molecular formula is C19H23NO4S.